The monoisotopic (exact) mass is 393 g/mol. The highest BCUT2D eigenvalue weighted by atomic mass is 32.2. The van der Waals surface area contributed by atoms with Crippen molar-refractivity contribution in [2.75, 3.05) is 11.1 Å². The Hall–Kier alpha value is -3.20. The summed E-state index contributed by atoms with van der Waals surface area (Å²) in [6.45, 7) is 2.71. The van der Waals surface area contributed by atoms with E-state index in [0.29, 0.717) is 11.7 Å². The Kier molecular flexibility index (Phi) is 5.07. The molecule has 28 heavy (non-hydrogen) atoms. The van der Waals surface area contributed by atoms with Gasteiger partial charge in [0, 0.05) is 36.4 Å². The van der Waals surface area contributed by atoms with E-state index < -0.39 is 0 Å². The third-order valence-corrected chi connectivity index (χ3v) is 5.31. The molecular formula is C19H19N7OS. The minimum atomic E-state index is -0.0839. The lowest BCUT2D eigenvalue weighted by Gasteiger charge is -2.08. The molecule has 0 bridgehead atoms. The number of hydrogen-bond donors (Lipinski definition) is 1. The van der Waals surface area contributed by atoms with Crippen LogP contribution < -0.4 is 5.32 Å². The number of carbonyl (C=O) groups excluding carboxylic acids is 1. The number of aromatic nitrogens is 6. The number of hydrogen-bond acceptors (Lipinski definition) is 6. The molecule has 4 aromatic rings. The highest BCUT2D eigenvalue weighted by molar-refractivity contribution is 7.99. The predicted molar refractivity (Wildman–Crippen MR) is 109 cm³/mol. The Labute approximate surface area is 166 Å². The van der Waals surface area contributed by atoms with Crippen LogP contribution in [0, 0.1) is 0 Å². The van der Waals surface area contributed by atoms with Gasteiger partial charge < -0.3 is 9.88 Å². The van der Waals surface area contributed by atoms with Crippen molar-refractivity contribution in [2.45, 2.75) is 18.6 Å². The van der Waals surface area contributed by atoms with Gasteiger partial charge in [-0.15, -0.1) is 10.2 Å². The highest BCUT2D eigenvalue weighted by Crippen LogP contribution is 2.29. The maximum absolute atomic E-state index is 12.2. The largest absolute Gasteiger partial charge is 0.325 e. The molecule has 1 N–H and O–H groups in total. The van der Waals surface area contributed by atoms with Crippen LogP contribution in [-0.2, 0) is 18.4 Å². The average Bonchev–Trinajstić information content (AvgIpc) is 3.30. The lowest BCUT2D eigenvalue weighted by atomic mass is 10.2. The minimum Gasteiger partial charge on any atom is -0.325 e. The molecule has 0 atom stereocenters. The van der Waals surface area contributed by atoms with Gasteiger partial charge in [0.05, 0.1) is 23.7 Å². The van der Waals surface area contributed by atoms with Gasteiger partial charge in [0.2, 0.25) is 5.91 Å². The maximum atomic E-state index is 12.2. The molecule has 0 saturated heterocycles. The first-order valence-electron chi connectivity index (χ1n) is 8.84. The van der Waals surface area contributed by atoms with Crippen molar-refractivity contribution in [3.63, 3.8) is 0 Å². The summed E-state index contributed by atoms with van der Waals surface area (Å²) in [7, 11) is 1.88. The summed E-state index contributed by atoms with van der Waals surface area (Å²) in [4.78, 5) is 16.5. The molecule has 0 aliphatic rings. The lowest BCUT2D eigenvalue weighted by molar-refractivity contribution is -0.113. The quantitative estimate of drug-likeness (QED) is 0.507. The summed E-state index contributed by atoms with van der Waals surface area (Å²) in [5.41, 5.74) is 2.58. The maximum Gasteiger partial charge on any atom is 0.234 e. The van der Waals surface area contributed by atoms with Gasteiger partial charge >= 0.3 is 0 Å². The molecule has 3 aromatic heterocycles. The van der Waals surface area contributed by atoms with E-state index in [0.717, 1.165) is 28.0 Å². The number of benzene rings is 1. The van der Waals surface area contributed by atoms with Crippen LogP contribution in [0.25, 0.3) is 22.3 Å². The predicted octanol–water partition coefficient (Wildman–Crippen LogP) is 2.98. The van der Waals surface area contributed by atoms with Gasteiger partial charge in [-0.05, 0) is 19.1 Å². The summed E-state index contributed by atoms with van der Waals surface area (Å²) < 4.78 is 3.77. The van der Waals surface area contributed by atoms with Gasteiger partial charge in [-0.3, -0.25) is 14.5 Å². The number of thioether (sulfide) groups is 1. The topological polar surface area (TPSA) is 90.5 Å². The van der Waals surface area contributed by atoms with Gasteiger partial charge in [0.1, 0.15) is 0 Å². The summed E-state index contributed by atoms with van der Waals surface area (Å²) in [6.07, 6.45) is 5.36. The molecule has 0 unspecified atom stereocenters. The highest BCUT2D eigenvalue weighted by Gasteiger charge is 2.18. The minimum absolute atomic E-state index is 0.0839. The first kappa shape index (κ1) is 18.2. The van der Waals surface area contributed by atoms with Crippen LogP contribution in [-0.4, -0.2) is 41.2 Å². The molecule has 4 rings (SSSR count). The first-order chi connectivity index (χ1) is 13.7. The fourth-order valence-corrected chi connectivity index (χ4v) is 3.77. The Morgan fingerprint density at radius 3 is 2.75 bits per heavy atom. The van der Waals surface area contributed by atoms with Crippen molar-refractivity contribution in [2.24, 2.45) is 7.05 Å². The van der Waals surface area contributed by atoms with E-state index in [9.17, 15) is 4.79 Å². The third-order valence-electron chi connectivity index (χ3n) is 4.34. The van der Waals surface area contributed by atoms with Crippen LogP contribution in [0.1, 0.15) is 6.92 Å². The van der Waals surface area contributed by atoms with Gasteiger partial charge in [0.15, 0.2) is 11.0 Å². The van der Waals surface area contributed by atoms with E-state index in [1.165, 1.54) is 11.8 Å². The summed E-state index contributed by atoms with van der Waals surface area (Å²) in [6, 6.07) is 9.40. The first-order valence-corrected chi connectivity index (χ1v) is 9.83. The Bertz CT molecular complexity index is 1120. The molecule has 0 fully saturated rings. The molecule has 0 aliphatic heterocycles. The molecule has 142 valence electrons. The SMILES string of the molecule is CCn1c(SCC(=O)Nc2ccccc2)nnc1-c1cncc2c1cnn2C. The summed E-state index contributed by atoms with van der Waals surface area (Å²) in [5.74, 6) is 0.890. The molecule has 0 radical (unpaired) electrons. The number of rotatable bonds is 6. The Balaban J connectivity index is 1.55. The molecule has 1 amide bonds. The zero-order valence-corrected chi connectivity index (χ0v) is 16.3. The van der Waals surface area contributed by atoms with Gasteiger partial charge in [-0.25, -0.2) is 0 Å². The zero-order chi connectivity index (χ0) is 19.5. The number of carbonyl (C=O) groups is 1. The molecule has 9 heteroatoms. The molecular weight excluding hydrogens is 374 g/mol. The fourth-order valence-electron chi connectivity index (χ4n) is 2.97. The van der Waals surface area contributed by atoms with Gasteiger partial charge in [-0.1, -0.05) is 30.0 Å². The summed E-state index contributed by atoms with van der Waals surface area (Å²) >= 11 is 1.36. The number of nitrogens with zero attached hydrogens (tertiary/aromatic N) is 6. The second-order valence-corrected chi connectivity index (χ2v) is 7.08. The molecule has 3 heterocycles. The molecule has 0 aliphatic carbocycles. The van der Waals surface area contributed by atoms with Crippen molar-refractivity contribution in [1.29, 1.82) is 0 Å². The van der Waals surface area contributed by atoms with Crippen molar-refractivity contribution in [3.05, 3.63) is 48.9 Å². The Morgan fingerprint density at radius 2 is 1.96 bits per heavy atom. The number of nitrogens with one attached hydrogen (secondary N) is 1. The molecule has 0 spiro atoms. The van der Waals surface area contributed by atoms with Crippen LogP contribution in [0.3, 0.4) is 0 Å². The van der Waals surface area contributed by atoms with E-state index in [2.05, 4.69) is 25.6 Å². The normalized spacial score (nSPS) is 11.1. The molecule has 8 nitrogen and oxygen atoms in total. The second kappa shape index (κ2) is 7.81. The van der Waals surface area contributed by atoms with Crippen molar-refractivity contribution in [1.82, 2.24) is 29.5 Å². The zero-order valence-electron chi connectivity index (χ0n) is 15.5. The van der Waals surface area contributed by atoms with Crippen LogP contribution in [0.4, 0.5) is 5.69 Å². The van der Waals surface area contributed by atoms with Crippen LogP contribution >= 0.6 is 11.8 Å². The lowest BCUT2D eigenvalue weighted by Crippen LogP contribution is -2.14. The summed E-state index contributed by atoms with van der Waals surface area (Å²) in [5, 5.41) is 17.5. The fraction of sp³-hybridized carbons (Fsp3) is 0.211. The second-order valence-electron chi connectivity index (χ2n) is 6.14. The number of anilines is 1. The number of fused-ring (bicyclic) bond motifs is 1. The van der Waals surface area contributed by atoms with Gasteiger partial charge in [0.25, 0.3) is 0 Å². The Morgan fingerprint density at radius 1 is 1.14 bits per heavy atom. The smallest absolute Gasteiger partial charge is 0.234 e. The number of amides is 1. The van der Waals surface area contributed by atoms with Gasteiger partial charge in [-0.2, -0.15) is 5.10 Å². The average molecular weight is 393 g/mol. The number of para-hydroxylation sites is 1. The standard InChI is InChI=1S/C19H19N7OS/c1-3-26-18(15-9-20-11-16-14(15)10-21-25(16)2)23-24-19(26)28-12-17(27)22-13-7-5-4-6-8-13/h4-11H,3,12H2,1-2H3,(H,22,27). The number of pyridine rings is 1. The molecule has 0 saturated carbocycles. The third kappa shape index (κ3) is 3.48. The van der Waals surface area contributed by atoms with E-state index in [1.807, 2.05) is 48.9 Å². The van der Waals surface area contributed by atoms with Crippen LogP contribution in [0.5, 0.6) is 0 Å². The molecule has 1 aromatic carbocycles. The van der Waals surface area contributed by atoms with Crippen molar-refractivity contribution >= 4 is 34.3 Å². The number of aryl methyl sites for hydroxylation is 1. The van der Waals surface area contributed by atoms with E-state index in [-0.39, 0.29) is 11.7 Å². The van der Waals surface area contributed by atoms with Crippen LogP contribution in [0.2, 0.25) is 0 Å². The van der Waals surface area contributed by atoms with E-state index >= 15 is 0 Å². The van der Waals surface area contributed by atoms with Crippen molar-refractivity contribution < 1.29 is 4.79 Å². The van der Waals surface area contributed by atoms with E-state index in [1.54, 1.807) is 23.3 Å². The van der Waals surface area contributed by atoms with Crippen molar-refractivity contribution in [3.8, 4) is 11.4 Å². The van der Waals surface area contributed by atoms with E-state index in [4.69, 9.17) is 0 Å². The van der Waals surface area contributed by atoms with Crippen LogP contribution in [0.15, 0.2) is 54.1 Å².